The zero-order chi connectivity index (χ0) is 103. The maximum Gasteiger partial charge on any atom is -0.0147 e. The predicted octanol–water partition coefficient (Wildman–Crippen LogP) is 39.8. The normalized spacial score (nSPS) is 10.5. The molecule has 16 aromatic rings. The molecule has 744 valence electrons. The standard InChI is InChI=1S/5C15H18.5C11H16.C10H14/c1-4-12-6-9-15-11(3)13(5-2)7-8-14(15)10-12;1-4-12-7-8-13(5-2)15-10-11(3)6-9-14(12)15;1-4-12-6-7-14-9-13(5-2)8-11(3)15(14)10-12;1-4-12-6-7-14-8-11(3)13(5-2)10-15(14)9-12;1-4-12-6-7-15-11(3)8-13(5-2)10-14(15)9-12;1-4-10-6-9(3)7-11(5-2)8-10;1-4-10-6-7-11(5-2)9(3)8-10;1-4-10-7-6-9(3)11(5-2)8-10;1-4-10-7-6-9(3)8-11(10)5-2;1-4-10-8-6-7-9(3)11(10)5-2;1-3-9-6-5-7-10(4-2)8-9/h5*6-10H,4-5H2,1-3H3;5*6-8H,4-5H2,1-3H3;5-8H,3-4H2,1-2H3. The summed E-state index contributed by atoms with van der Waals surface area (Å²) in [5, 5.41) is 14.0. The Labute approximate surface area is 855 Å². The molecule has 0 N–H and O–H groups in total. The molecule has 0 atom stereocenters. The molecule has 0 nitrogen and oxygen atoms in total. The maximum atomic E-state index is 2.34. The molecular formula is C140H184. The fourth-order valence-corrected chi connectivity index (χ4v) is 18.9. The van der Waals surface area contributed by atoms with Crippen LogP contribution in [-0.2, 0) is 141 Å². The number of hydrogen-bond acceptors (Lipinski definition) is 0. The lowest BCUT2D eigenvalue weighted by atomic mass is 9.96. The quantitative estimate of drug-likeness (QED) is 0.0634. The van der Waals surface area contributed by atoms with Crippen molar-refractivity contribution in [1.82, 2.24) is 0 Å². The van der Waals surface area contributed by atoms with E-state index in [2.05, 4.69) is 488 Å². The lowest BCUT2D eigenvalue weighted by Crippen LogP contribution is -1.93. The monoisotopic (exact) mass is 1870 g/mol. The Morgan fingerprint density at radius 3 is 1.00 bits per heavy atom. The first kappa shape index (κ1) is 118. The Morgan fingerprint density at radius 1 is 0.129 bits per heavy atom. The van der Waals surface area contributed by atoms with Crippen LogP contribution in [0.4, 0.5) is 0 Å². The van der Waals surface area contributed by atoms with Crippen molar-refractivity contribution < 1.29 is 0 Å². The van der Waals surface area contributed by atoms with Crippen molar-refractivity contribution in [3.05, 3.63) is 445 Å². The Balaban J connectivity index is 0.000000237. The molecule has 16 aromatic carbocycles. The van der Waals surface area contributed by atoms with Gasteiger partial charge in [0.25, 0.3) is 0 Å². The molecule has 0 aliphatic rings. The molecule has 0 amide bonds. The topological polar surface area (TPSA) is 0 Å². The van der Waals surface area contributed by atoms with E-state index in [1.165, 1.54) is 232 Å². The number of fused-ring (bicyclic) bond motifs is 5. The van der Waals surface area contributed by atoms with E-state index >= 15 is 0 Å². The van der Waals surface area contributed by atoms with Gasteiger partial charge in [0.2, 0.25) is 0 Å². The molecule has 0 radical (unpaired) electrons. The highest BCUT2D eigenvalue weighted by atomic mass is 14.2. The lowest BCUT2D eigenvalue weighted by molar-refractivity contribution is 1.02. The van der Waals surface area contributed by atoms with Crippen LogP contribution in [0.5, 0.6) is 0 Å². The second kappa shape index (κ2) is 62.9. The van der Waals surface area contributed by atoms with E-state index < -0.39 is 0 Å². The summed E-state index contributed by atoms with van der Waals surface area (Å²) in [7, 11) is 0. The summed E-state index contributed by atoms with van der Waals surface area (Å²) in [6, 6.07) is 99.4. The van der Waals surface area contributed by atoms with Gasteiger partial charge < -0.3 is 0 Å². The molecule has 0 bridgehead atoms. The molecular weight excluding hydrogens is 1680 g/mol. The Morgan fingerprint density at radius 2 is 0.479 bits per heavy atom. The molecule has 16 rings (SSSR count). The summed E-state index contributed by atoms with van der Waals surface area (Å²) < 4.78 is 0. The van der Waals surface area contributed by atoms with Crippen LogP contribution in [-0.4, -0.2) is 0 Å². The van der Waals surface area contributed by atoms with Crippen LogP contribution < -0.4 is 0 Å². The minimum absolute atomic E-state index is 1.11. The second-order valence-electron chi connectivity index (χ2n) is 38.2. The largest absolute Gasteiger partial charge is 0.0617 e. The molecule has 0 saturated heterocycles. The molecule has 0 fully saturated rings. The van der Waals surface area contributed by atoms with Gasteiger partial charge >= 0.3 is 0 Å². The highest BCUT2D eigenvalue weighted by molar-refractivity contribution is 5.91. The molecule has 0 aliphatic heterocycles. The van der Waals surface area contributed by atoms with Gasteiger partial charge in [-0.2, -0.15) is 0 Å². The molecule has 140 heavy (non-hydrogen) atoms. The summed E-state index contributed by atoms with van der Waals surface area (Å²) in [6.45, 7) is 70.5. The van der Waals surface area contributed by atoms with Gasteiger partial charge in [-0.05, 0) is 426 Å². The van der Waals surface area contributed by atoms with Gasteiger partial charge in [-0.15, -0.1) is 0 Å². The van der Waals surface area contributed by atoms with Crippen molar-refractivity contribution in [3.63, 3.8) is 0 Å². The van der Waals surface area contributed by atoms with E-state index in [-0.39, 0.29) is 0 Å². The first-order valence-electron chi connectivity index (χ1n) is 54.6. The van der Waals surface area contributed by atoms with Gasteiger partial charge in [0.05, 0.1) is 0 Å². The van der Waals surface area contributed by atoms with Crippen molar-refractivity contribution in [1.29, 1.82) is 0 Å². The van der Waals surface area contributed by atoms with Crippen LogP contribution in [0.3, 0.4) is 0 Å². The number of hydrogen-bond donors (Lipinski definition) is 0. The average Bonchev–Trinajstić information content (AvgIpc) is 0.806. The lowest BCUT2D eigenvalue weighted by Gasteiger charge is -2.09. The SMILES string of the molecule is CCc1cc(C)c2cc(CC)ccc2c1.CCc1cc(C)cc(CC)c1.CCc1ccc(C)c(CC)c1.CCc1ccc(C)cc1CC.CCc1ccc(CC)c(C)c1.CCc1ccc(CC)c2cc(C)ccc12.CCc1ccc2c(C)c(CC)ccc2c1.CCc1ccc2c(C)cc(CC)cc2c1.CCc1ccc2cc(C)c(CC)cc2c1.CCc1cccc(C)c1CC.CCc1cccc(CC)c1. The van der Waals surface area contributed by atoms with Crippen LogP contribution in [0.25, 0.3) is 53.9 Å². The van der Waals surface area contributed by atoms with Crippen LogP contribution in [0.1, 0.15) is 330 Å². The fourth-order valence-electron chi connectivity index (χ4n) is 18.9. The molecule has 0 saturated carbocycles. The van der Waals surface area contributed by atoms with Crippen molar-refractivity contribution in [2.24, 2.45) is 0 Å². The van der Waals surface area contributed by atoms with E-state index in [4.69, 9.17) is 0 Å². The summed E-state index contributed by atoms with van der Waals surface area (Å²) >= 11 is 0. The summed E-state index contributed by atoms with van der Waals surface area (Å²) in [4.78, 5) is 0. The first-order chi connectivity index (χ1) is 67.5. The molecule has 0 heterocycles. The zero-order valence-corrected chi connectivity index (χ0v) is 94.0. The average molecular weight is 1870 g/mol. The van der Waals surface area contributed by atoms with E-state index in [1.54, 1.807) is 0 Å². The maximum absolute atomic E-state index is 2.34. The third kappa shape index (κ3) is 36.4. The van der Waals surface area contributed by atoms with E-state index in [0.717, 1.165) is 141 Å². The number of rotatable bonds is 22. The zero-order valence-electron chi connectivity index (χ0n) is 94.0. The van der Waals surface area contributed by atoms with Crippen molar-refractivity contribution >= 4 is 53.9 Å². The van der Waals surface area contributed by atoms with Crippen LogP contribution in [0.2, 0.25) is 0 Å². The van der Waals surface area contributed by atoms with Crippen LogP contribution in [0.15, 0.2) is 267 Å². The summed E-state index contributed by atoms with van der Waals surface area (Å²) in [6.07, 6.45) is 25.0. The highest BCUT2D eigenvalue weighted by Gasteiger charge is 2.10. The third-order valence-corrected chi connectivity index (χ3v) is 28.3. The van der Waals surface area contributed by atoms with Gasteiger partial charge in [-0.25, -0.2) is 0 Å². The molecule has 0 spiro atoms. The van der Waals surface area contributed by atoms with Crippen LogP contribution in [0, 0.1) is 69.2 Å². The number of aryl methyl sites for hydroxylation is 31. The Hall–Kier alpha value is -11.2. The Bertz CT molecular complexity index is 6370. The first-order valence-corrected chi connectivity index (χ1v) is 54.6. The van der Waals surface area contributed by atoms with Crippen LogP contribution >= 0.6 is 0 Å². The molecule has 0 unspecified atom stereocenters. The van der Waals surface area contributed by atoms with Gasteiger partial charge in [0.1, 0.15) is 0 Å². The van der Waals surface area contributed by atoms with Crippen molar-refractivity contribution in [2.45, 2.75) is 363 Å². The predicted molar refractivity (Wildman–Crippen MR) is 632 cm³/mol. The number of benzene rings is 16. The van der Waals surface area contributed by atoms with Gasteiger partial charge in [0, 0.05) is 0 Å². The smallest absolute Gasteiger partial charge is 0.0147 e. The molecule has 0 heteroatoms. The minimum atomic E-state index is 1.11. The van der Waals surface area contributed by atoms with Gasteiger partial charge in [-0.1, -0.05) is 436 Å². The minimum Gasteiger partial charge on any atom is -0.0617 e. The molecule has 0 aromatic heterocycles. The van der Waals surface area contributed by atoms with Gasteiger partial charge in [0.15, 0.2) is 0 Å². The van der Waals surface area contributed by atoms with Crippen molar-refractivity contribution in [3.8, 4) is 0 Å². The second-order valence-corrected chi connectivity index (χ2v) is 38.2. The fraction of sp³-hybridized carbons (Fsp3) is 0.386. The molecule has 0 aliphatic carbocycles. The Kier molecular flexibility index (Phi) is 52.8. The van der Waals surface area contributed by atoms with E-state index in [0.29, 0.717) is 0 Å². The highest BCUT2D eigenvalue weighted by Crippen LogP contribution is 2.30. The van der Waals surface area contributed by atoms with E-state index in [9.17, 15) is 0 Å². The van der Waals surface area contributed by atoms with Crippen molar-refractivity contribution in [2.75, 3.05) is 0 Å². The third-order valence-electron chi connectivity index (χ3n) is 28.3. The van der Waals surface area contributed by atoms with Gasteiger partial charge in [-0.3, -0.25) is 0 Å². The summed E-state index contributed by atoms with van der Waals surface area (Å²) in [5.41, 5.74) is 46.2. The summed E-state index contributed by atoms with van der Waals surface area (Å²) in [5.74, 6) is 0. The van der Waals surface area contributed by atoms with E-state index in [1.807, 2.05) is 0 Å².